The molecule has 2 rings (SSSR count). The number of benzene rings is 1. The maximum absolute atomic E-state index is 13.9. The Morgan fingerprint density at radius 2 is 2.21 bits per heavy atom. The van der Waals surface area contributed by atoms with Gasteiger partial charge in [0.2, 0.25) is 0 Å². The number of hydrogen-bond acceptors (Lipinski definition) is 3. The summed E-state index contributed by atoms with van der Waals surface area (Å²) in [5.41, 5.74) is 5.24. The van der Waals surface area contributed by atoms with Crippen LogP contribution in [0.15, 0.2) is 36.7 Å². The number of nitrogens with one attached hydrogen (secondary N) is 1. The second-order valence-electron chi connectivity index (χ2n) is 4.37. The second-order valence-corrected chi connectivity index (χ2v) is 4.78. The Morgan fingerprint density at radius 1 is 1.42 bits per heavy atom. The Hall–Kier alpha value is -1.49. The van der Waals surface area contributed by atoms with Gasteiger partial charge in [0.1, 0.15) is 5.82 Å². The Morgan fingerprint density at radius 3 is 2.89 bits per heavy atom. The van der Waals surface area contributed by atoms with E-state index in [0.29, 0.717) is 12.0 Å². The van der Waals surface area contributed by atoms with Crippen molar-refractivity contribution in [2.24, 2.45) is 5.84 Å². The van der Waals surface area contributed by atoms with Crippen molar-refractivity contribution >= 4 is 11.6 Å². The molecule has 0 radical (unpaired) electrons. The van der Waals surface area contributed by atoms with Crippen molar-refractivity contribution in [3.8, 4) is 0 Å². The third kappa shape index (κ3) is 3.10. The van der Waals surface area contributed by atoms with Gasteiger partial charge in [-0.1, -0.05) is 23.7 Å². The highest BCUT2D eigenvalue weighted by Gasteiger charge is 2.16. The summed E-state index contributed by atoms with van der Waals surface area (Å²) < 4.78 is 13.9. The number of hydrogen-bond donors (Lipinski definition) is 2. The standard InChI is InChI=1S/C14H15ClFN3/c1-9-5-6-18-8-11(9)13(19-17)7-10-3-2-4-12(15)14(10)16/h2-6,8,13,19H,7,17H2,1H3. The number of nitrogens with two attached hydrogens (primary N) is 1. The van der Waals surface area contributed by atoms with E-state index in [-0.39, 0.29) is 11.1 Å². The normalized spacial score (nSPS) is 12.4. The summed E-state index contributed by atoms with van der Waals surface area (Å²) in [7, 11) is 0. The SMILES string of the molecule is Cc1ccncc1C(Cc1cccc(Cl)c1F)NN. The number of nitrogens with zero attached hydrogens (tertiary/aromatic N) is 1. The summed E-state index contributed by atoms with van der Waals surface area (Å²) in [5, 5.41) is 0.121. The van der Waals surface area contributed by atoms with E-state index in [1.807, 2.05) is 13.0 Å². The molecule has 0 saturated carbocycles. The molecule has 0 aliphatic rings. The summed E-state index contributed by atoms with van der Waals surface area (Å²) in [5.74, 6) is 5.18. The Bertz CT molecular complexity index is 574. The van der Waals surface area contributed by atoms with Crippen LogP contribution in [0, 0.1) is 12.7 Å². The van der Waals surface area contributed by atoms with Crippen LogP contribution in [0.4, 0.5) is 4.39 Å². The van der Waals surface area contributed by atoms with Crippen LogP contribution in [-0.2, 0) is 6.42 Å². The van der Waals surface area contributed by atoms with Gasteiger partial charge in [-0.25, -0.2) is 4.39 Å². The van der Waals surface area contributed by atoms with Crippen LogP contribution >= 0.6 is 11.6 Å². The summed E-state index contributed by atoms with van der Waals surface area (Å²) in [4.78, 5) is 4.08. The van der Waals surface area contributed by atoms with Crippen molar-refractivity contribution in [2.45, 2.75) is 19.4 Å². The average molecular weight is 280 g/mol. The predicted molar refractivity (Wildman–Crippen MR) is 74.2 cm³/mol. The molecule has 0 aliphatic carbocycles. The van der Waals surface area contributed by atoms with Gasteiger partial charge in [-0.15, -0.1) is 0 Å². The molecular formula is C14H15ClFN3. The van der Waals surface area contributed by atoms with Crippen LogP contribution in [0.2, 0.25) is 5.02 Å². The molecule has 3 N–H and O–H groups in total. The third-order valence-corrected chi connectivity index (χ3v) is 3.40. The van der Waals surface area contributed by atoms with E-state index in [4.69, 9.17) is 17.4 Å². The molecule has 0 aliphatic heterocycles. The van der Waals surface area contributed by atoms with E-state index in [1.165, 1.54) is 6.07 Å². The van der Waals surface area contributed by atoms with E-state index in [9.17, 15) is 4.39 Å². The van der Waals surface area contributed by atoms with Crippen molar-refractivity contribution in [2.75, 3.05) is 0 Å². The minimum atomic E-state index is -0.397. The first-order valence-electron chi connectivity index (χ1n) is 5.93. The van der Waals surface area contributed by atoms with Gasteiger partial charge in [0, 0.05) is 12.4 Å². The molecule has 0 fully saturated rings. The topological polar surface area (TPSA) is 50.9 Å². The first-order valence-corrected chi connectivity index (χ1v) is 6.30. The molecule has 2 aromatic rings. The van der Waals surface area contributed by atoms with Crippen LogP contribution in [-0.4, -0.2) is 4.98 Å². The molecule has 1 aromatic heterocycles. The zero-order valence-electron chi connectivity index (χ0n) is 10.5. The van der Waals surface area contributed by atoms with Crippen LogP contribution < -0.4 is 11.3 Å². The number of pyridine rings is 1. The smallest absolute Gasteiger partial charge is 0.145 e. The average Bonchev–Trinajstić information content (AvgIpc) is 2.41. The minimum absolute atomic E-state index is 0.121. The lowest BCUT2D eigenvalue weighted by Crippen LogP contribution is -2.30. The monoisotopic (exact) mass is 279 g/mol. The fraction of sp³-hybridized carbons (Fsp3) is 0.214. The molecule has 5 heteroatoms. The molecule has 1 heterocycles. The highest BCUT2D eigenvalue weighted by Crippen LogP contribution is 2.24. The highest BCUT2D eigenvalue weighted by atomic mass is 35.5. The number of halogens is 2. The molecule has 1 unspecified atom stereocenters. The van der Waals surface area contributed by atoms with Gasteiger partial charge in [-0.2, -0.15) is 0 Å². The molecule has 0 saturated heterocycles. The Kier molecular flexibility index (Phi) is 4.47. The largest absolute Gasteiger partial charge is 0.271 e. The van der Waals surface area contributed by atoms with Gasteiger partial charge >= 0.3 is 0 Å². The van der Waals surface area contributed by atoms with E-state index < -0.39 is 5.82 Å². The minimum Gasteiger partial charge on any atom is -0.271 e. The lowest BCUT2D eigenvalue weighted by atomic mass is 9.97. The molecule has 0 bridgehead atoms. The van der Waals surface area contributed by atoms with Crippen LogP contribution in [0.25, 0.3) is 0 Å². The lowest BCUT2D eigenvalue weighted by Gasteiger charge is -2.18. The zero-order valence-corrected chi connectivity index (χ0v) is 11.3. The van der Waals surface area contributed by atoms with Crippen LogP contribution in [0.1, 0.15) is 22.7 Å². The summed E-state index contributed by atoms with van der Waals surface area (Å²) in [6.45, 7) is 1.97. The first-order chi connectivity index (χ1) is 9.13. The molecule has 0 spiro atoms. The Balaban J connectivity index is 2.30. The van der Waals surface area contributed by atoms with Gasteiger partial charge < -0.3 is 0 Å². The summed E-state index contributed by atoms with van der Waals surface area (Å²) >= 11 is 5.78. The van der Waals surface area contributed by atoms with Gasteiger partial charge in [-0.05, 0) is 42.2 Å². The molecule has 0 amide bonds. The van der Waals surface area contributed by atoms with E-state index in [0.717, 1.165) is 11.1 Å². The number of hydrazine groups is 1. The fourth-order valence-corrected chi connectivity index (χ4v) is 2.22. The number of aromatic nitrogens is 1. The fourth-order valence-electron chi connectivity index (χ4n) is 2.03. The maximum atomic E-state index is 13.9. The maximum Gasteiger partial charge on any atom is 0.145 e. The number of aryl methyl sites for hydroxylation is 1. The third-order valence-electron chi connectivity index (χ3n) is 3.11. The predicted octanol–water partition coefficient (Wildman–Crippen LogP) is 2.93. The summed E-state index contributed by atoms with van der Waals surface area (Å²) in [6.07, 6.45) is 3.87. The molecule has 1 aromatic carbocycles. The highest BCUT2D eigenvalue weighted by molar-refractivity contribution is 6.30. The van der Waals surface area contributed by atoms with Crippen molar-refractivity contribution in [3.05, 3.63) is 64.2 Å². The molecule has 1 atom stereocenters. The Labute approximate surface area is 116 Å². The van der Waals surface area contributed by atoms with E-state index >= 15 is 0 Å². The van der Waals surface area contributed by atoms with Gasteiger partial charge in [0.05, 0.1) is 11.1 Å². The summed E-state index contributed by atoms with van der Waals surface area (Å²) in [6, 6.07) is 6.65. The lowest BCUT2D eigenvalue weighted by molar-refractivity contribution is 0.526. The van der Waals surface area contributed by atoms with E-state index in [2.05, 4.69) is 10.4 Å². The van der Waals surface area contributed by atoms with Crippen molar-refractivity contribution in [1.82, 2.24) is 10.4 Å². The molecule has 19 heavy (non-hydrogen) atoms. The zero-order chi connectivity index (χ0) is 13.8. The van der Waals surface area contributed by atoms with Crippen molar-refractivity contribution in [3.63, 3.8) is 0 Å². The van der Waals surface area contributed by atoms with Crippen LogP contribution in [0.3, 0.4) is 0 Å². The first kappa shape index (κ1) is 13.9. The quantitative estimate of drug-likeness (QED) is 0.668. The van der Waals surface area contributed by atoms with E-state index in [1.54, 1.807) is 24.5 Å². The van der Waals surface area contributed by atoms with Gasteiger partial charge in [0.25, 0.3) is 0 Å². The van der Waals surface area contributed by atoms with Gasteiger partial charge in [0.15, 0.2) is 0 Å². The van der Waals surface area contributed by atoms with Crippen LogP contribution in [0.5, 0.6) is 0 Å². The number of rotatable bonds is 4. The molecular weight excluding hydrogens is 265 g/mol. The molecule has 3 nitrogen and oxygen atoms in total. The molecule has 100 valence electrons. The van der Waals surface area contributed by atoms with Gasteiger partial charge in [-0.3, -0.25) is 16.3 Å². The second kappa shape index (κ2) is 6.10. The van der Waals surface area contributed by atoms with Crippen molar-refractivity contribution in [1.29, 1.82) is 0 Å². The van der Waals surface area contributed by atoms with Crippen molar-refractivity contribution < 1.29 is 4.39 Å².